The third-order valence-electron chi connectivity index (χ3n) is 6.56. The molecule has 0 unspecified atom stereocenters. The normalized spacial score (nSPS) is 12.8. The van der Waals surface area contributed by atoms with Gasteiger partial charge in [-0.2, -0.15) is 0 Å². The highest BCUT2D eigenvalue weighted by Crippen LogP contribution is 2.41. The average Bonchev–Trinajstić information content (AvgIpc) is 3.36. The van der Waals surface area contributed by atoms with E-state index >= 15 is 0 Å². The molecule has 0 N–H and O–H groups in total. The van der Waals surface area contributed by atoms with Crippen LogP contribution in [-0.2, 0) is 6.42 Å². The Labute approximate surface area is 207 Å². The van der Waals surface area contributed by atoms with Gasteiger partial charge in [-0.25, -0.2) is 0 Å². The van der Waals surface area contributed by atoms with Crippen molar-refractivity contribution >= 4 is 22.8 Å². The largest absolute Gasteiger partial charge is 0.260 e. The first kappa shape index (κ1) is 25.4. The van der Waals surface area contributed by atoms with Crippen molar-refractivity contribution in [3.8, 4) is 0 Å². The SMILES string of the molecule is C=C(CCC)c1cc(C2=C(c3cc(C)ccc3C)CCC2)cnc1CC.C=Cc1ccccc1. The summed E-state index contributed by atoms with van der Waals surface area (Å²) in [6, 6.07) is 19.2. The summed E-state index contributed by atoms with van der Waals surface area (Å²) in [5, 5.41) is 0. The Balaban J connectivity index is 0.000000343. The van der Waals surface area contributed by atoms with Crippen LogP contribution in [0.2, 0.25) is 0 Å². The van der Waals surface area contributed by atoms with Gasteiger partial charge in [-0.1, -0.05) is 93.6 Å². The number of hydrogen-bond donors (Lipinski definition) is 0. The molecule has 0 fully saturated rings. The highest BCUT2D eigenvalue weighted by molar-refractivity contribution is 5.94. The number of pyridine rings is 1. The fraction of sp³-hybridized carbons (Fsp3) is 0.303. The Kier molecular flexibility index (Phi) is 9.22. The van der Waals surface area contributed by atoms with Crippen molar-refractivity contribution in [1.82, 2.24) is 4.98 Å². The molecule has 0 radical (unpaired) electrons. The smallest absolute Gasteiger partial charge is 0.0476 e. The van der Waals surface area contributed by atoms with Gasteiger partial charge in [0.05, 0.1) is 0 Å². The summed E-state index contributed by atoms with van der Waals surface area (Å²) in [5.41, 5.74) is 13.3. The molecule has 1 aliphatic rings. The first-order chi connectivity index (χ1) is 16.5. The maximum absolute atomic E-state index is 4.82. The maximum atomic E-state index is 4.82. The number of rotatable bonds is 7. The van der Waals surface area contributed by atoms with Crippen LogP contribution in [-0.4, -0.2) is 4.98 Å². The molecule has 0 bridgehead atoms. The molecule has 0 saturated carbocycles. The summed E-state index contributed by atoms with van der Waals surface area (Å²) in [7, 11) is 0. The number of nitrogens with zero attached hydrogens (tertiary/aromatic N) is 1. The Bertz CT molecular complexity index is 1160. The number of hydrogen-bond acceptors (Lipinski definition) is 1. The van der Waals surface area contributed by atoms with E-state index in [4.69, 9.17) is 4.98 Å². The molecule has 1 heteroatoms. The van der Waals surface area contributed by atoms with Crippen LogP contribution in [0, 0.1) is 13.8 Å². The van der Waals surface area contributed by atoms with Crippen molar-refractivity contribution in [1.29, 1.82) is 0 Å². The summed E-state index contributed by atoms with van der Waals surface area (Å²) >= 11 is 0. The second kappa shape index (κ2) is 12.3. The molecular formula is C33H39N. The minimum atomic E-state index is 0.960. The van der Waals surface area contributed by atoms with E-state index in [1.54, 1.807) is 0 Å². The molecule has 1 nitrogen and oxygen atoms in total. The second-order valence-corrected chi connectivity index (χ2v) is 9.17. The fourth-order valence-electron chi connectivity index (χ4n) is 4.69. The maximum Gasteiger partial charge on any atom is 0.0476 e. The van der Waals surface area contributed by atoms with Crippen LogP contribution in [0.5, 0.6) is 0 Å². The van der Waals surface area contributed by atoms with E-state index in [9.17, 15) is 0 Å². The summed E-state index contributed by atoms with van der Waals surface area (Å²) in [5.74, 6) is 0. The molecule has 3 aromatic rings. The highest BCUT2D eigenvalue weighted by atomic mass is 14.7. The van der Waals surface area contributed by atoms with Crippen LogP contribution in [0.4, 0.5) is 0 Å². The molecule has 0 atom stereocenters. The first-order valence-corrected chi connectivity index (χ1v) is 12.6. The Hall–Kier alpha value is -3.19. The van der Waals surface area contributed by atoms with Crippen LogP contribution in [0.15, 0.2) is 74.0 Å². The van der Waals surface area contributed by atoms with E-state index in [1.165, 1.54) is 68.6 Å². The predicted octanol–water partition coefficient (Wildman–Crippen LogP) is 9.50. The Morgan fingerprint density at radius 1 is 0.971 bits per heavy atom. The second-order valence-electron chi connectivity index (χ2n) is 9.17. The molecule has 1 aliphatic carbocycles. The van der Waals surface area contributed by atoms with Gasteiger partial charge in [-0.05, 0) is 96.6 Å². The zero-order valence-electron chi connectivity index (χ0n) is 21.5. The van der Waals surface area contributed by atoms with Crippen LogP contribution in [0.25, 0.3) is 22.8 Å². The number of aryl methyl sites for hydroxylation is 3. The number of aromatic nitrogens is 1. The highest BCUT2D eigenvalue weighted by Gasteiger charge is 2.20. The van der Waals surface area contributed by atoms with Gasteiger partial charge in [0.1, 0.15) is 0 Å². The molecule has 0 amide bonds. The lowest BCUT2D eigenvalue weighted by atomic mass is 9.91. The first-order valence-electron chi connectivity index (χ1n) is 12.6. The molecule has 0 aliphatic heterocycles. The number of benzene rings is 2. The molecule has 0 saturated heterocycles. The summed E-state index contributed by atoms with van der Waals surface area (Å²) in [6.07, 6.45) is 10.6. The third-order valence-corrected chi connectivity index (χ3v) is 6.56. The van der Waals surface area contributed by atoms with Gasteiger partial charge in [0, 0.05) is 11.9 Å². The fourth-order valence-corrected chi connectivity index (χ4v) is 4.69. The van der Waals surface area contributed by atoms with E-state index in [0.29, 0.717) is 0 Å². The van der Waals surface area contributed by atoms with Crippen LogP contribution in [0.1, 0.15) is 85.0 Å². The number of allylic oxidation sites excluding steroid dienone is 3. The van der Waals surface area contributed by atoms with Gasteiger partial charge in [0.25, 0.3) is 0 Å². The minimum Gasteiger partial charge on any atom is -0.260 e. The van der Waals surface area contributed by atoms with Gasteiger partial charge >= 0.3 is 0 Å². The minimum absolute atomic E-state index is 0.960. The lowest BCUT2D eigenvalue weighted by Crippen LogP contribution is -1.99. The van der Waals surface area contributed by atoms with Crippen molar-refractivity contribution in [2.45, 2.75) is 66.2 Å². The van der Waals surface area contributed by atoms with Crippen molar-refractivity contribution in [3.05, 3.63) is 113 Å². The lowest BCUT2D eigenvalue weighted by Gasteiger charge is -2.15. The van der Waals surface area contributed by atoms with Crippen LogP contribution in [0.3, 0.4) is 0 Å². The zero-order chi connectivity index (χ0) is 24.5. The van der Waals surface area contributed by atoms with E-state index in [-0.39, 0.29) is 0 Å². The van der Waals surface area contributed by atoms with Crippen molar-refractivity contribution in [2.75, 3.05) is 0 Å². The van der Waals surface area contributed by atoms with Gasteiger partial charge in [0.15, 0.2) is 0 Å². The van der Waals surface area contributed by atoms with Gasteiger partial charge < -0.3 is 0 Å². The van der Waals surface area contributed by atoms with Crippen molar-refractivity contribution in [2.24, 2.45) is 0 Å². The van der Waals surface area contributed by atoms with E-state index < -0.39 is 0 Å². The Morgan fingerprint density at radius 2 is 1.71 bits per heavy atom. The predicted molar refractivity (Wildman–Crippen MR) is 151 cm³/mol. The van der Waals surface area contributed by atoms with E-state index in [1.807, 2.05) is 36.4 Å². The standard InChI is InChI=1S/C25H31N.C8H8/c1-6-9-18(4)24-15-20(16-26-25(24)7-2)21-10-8-11-22(21)23-14-17(3)12-13-19(23)5;1-2-8-6-4-3-5-7-8/h12-16H,4,6-11H2,1-3,5H3;2-7H,1H2. The van der Waals surface area contributed by atoms with Gasteiger partial charge in [-0.15, -0.1) is 0 Å². The monoisotopic (exact) mass is 449 g/mol. The zero-order valence-corrected chi connectivity index (χ0v) is 21.5. The van der Waals surface area contributed by atoms with Crippen molar-refractivity contribution < 1.29 is 0 Å². The molecule has 0 spiro atoms. The van der Waals surface area contributed by atoms with Crippen LogP contribution < -0.4 is 0 Å². The van der Waals surface area contributed by atoms with Crippen LogP contribution >= 0.6 is 0 Å². The molecule has 4 rings (SSSR count). The molecular weight excluding hydrogens is 410 g/mol. The summed E-state index contributed by atoms with van der Waals surface area (Å²) in [6.45, 7) is 16.8. The van der Waals surface area contributed by atoms with Gasteiger partial charge in [-0.3, -0.25) is 4.98 Å². The van der Waals surface area contributed by atoms with E-state index in [0.717, 1.165) is 25.7 Å². The quantitative estimate of drug-likeness (QED) is 0.350. The summed E-state index contributed by atoms with van der Waals surface area (Å²) < 4.78 is 0. The molecule has 1 aromatic heterocycles. The molecule has 2 aromatic carbocycles. The molecule has 34 heavy (non-hydrogen) atoms. The topological polar surface area (TPSA) is 12.9 Å². The Morgan fingerprint density at radius 3 is 2.35 bits per heavy atom. The van der Waals surface area contributed by atoms with Gasteiger partial charge in [0.2, 0.25) is 0 Å². The average molecular weight is 450 g/mol. The third kappa shape index (κ3) is 6.23. The molecule has 1 heterocycles. The van der Waals surface area contributed by atoms with Crippen molar-refractivity contribution in [3.63, 3.8) is 0 Å². The lowest BCUT2D eigenvalue weighted by molar-refractivity contribution is 0.937. The van der Waals surface area contributed by atoms with E-state index in [2.05, 4.69) is 71.3 Å². The molecule has 176 valence electrons. The summed E-state index contributed by atoms with van der Waals surface area (Å²) in [4.78, 5) is 4.82.